The minimum atomic E-state index is -0.691. The van der Waals surface area contributed by atoms with Crippen LogP contribution >= 0.6 is 27.3 Å². The van der Waals surface area contributed by atoms with Crippen molar-refractivity contribution >= 4 is 50.2 Å². The first-order chi connectivity index (χ1) is 15.0. The van der Waals surface area contributed by atoms with Crippen LogP contribution in [0.25, 0.3) is 0 Å². The number of thiazole rings is 1. The van der Waals surface area contributed by atoms with Gasteiger partial charge >= 0.3 is 0 Å². The molecule has 1 aromatic carbocycles. The summed E-state index contributed by atoms with van der Waals surface area (Å²) in [6.07, 6.45) is 3.06. The van der Waals surface area contributed by atoms with Gasteiger partial charge in [0.15, 0.2) is 15.4 Å². The van der Waals surface area contributed by atoms with Crippen LogP contribution in [0.3, 0.4) is 0 Å². The van der Waals surface area contributed by atoms with Crippen LogP contribution in [0.2, 0.25) is 0 Å². The summed E-state index contributed by atoms with van der Waals surface area (Å²) in [4.78, 5) is 47.8. The number of anilines is 3. The average molecular weight is 520 g/mol. The van der Waals surface area contributed by atoms with Gasteiger partial charge < -0.3 is 20.6 Å². The number of hydrogen-bond acceptors (Lipinski definition) is 9. The van der Waals surface area contributed by atoms with Crippen molar-refractivity contribution < 1.29 is 9.90 Å². The van der Waals surface area contributed by atoms with Crippen molar-refractivity contribution in [3.63, 3.8) is 0 Å². The van der Waals surface area contributed by atoms with Crippen molar-refractivity contribution in [2.24, 2.45) is 5.41 Å². The Bertz CT molecular complexity index is 1290. The van der Waals surface area contributed by atoms with Gasteiger partial charge in [0.1, 0.15) is 11.4 Å². The van der Waals surface area contributed by atoms with Gasteiger partial charge in [0.05, 0.1) is 22.3 Å². The molecule has 1 unspecified atom stereocenters. The Kier molecular flexibility index (Phi) is 5.58. The number of carbonyl (C=O) groups excluding carboxylic acids is 1. The Morgan fingerprint density at radius 2 is 1.97 bits per heavy atom. The second-order valence-electron chi connectivity index (χ2n) is 8.63. The van der Waals surface area contributed by atoms with E-state index in [1.54, 1.807) is 14.1 Å². The van der Waals surface area contributed by atoms with Gasteiger partial charge in [-0.15, -0.1) is 11.3 Å². The summed E-state index contributed by atoms with van der Waals surface area (Å²) in [5, 5.41) is 16.6. The molecule has 1 atom stereocenters. The minimum absolute atomic E-state index is 0.0475. The smallest absolute Gasteiger partial charge is 0.275 e. The second kappa shape index (κ2) is 7.96. The molecular formula is C21H22BrN5O4S. The van der Waals surface area contributed by atoms with Crippen LogP contribution < -0.4 is 21.5 Å². The molecule has 1 amide bonds. The van der Waals surface area contributed by atoms with Crippen LogP contribution in [0.5, 0.6) is 5.75 Å². The standard InChI is InChI=1S/C21H22BrN5O4S/c1-21(2)7-5-10-17(32-20(22)25-10)18(21)26-12-11(15(29)16(12)30)24-9-6-8-23-13(14(9)28)19(31)27(3)4/h6,8,18,26,28H,5,7H2,1-4H3,(H,23,24). The predicted molar refractivity (Wildman–Crippen MR) is 127 cm³/mol. The van der Waals surface area contributed by atoms with Crippen molar-refractivity contribution in [1.29, 1.82) is 0 Å². The van der Waals surface area contributed by atoms with E-state index in [9.17, 15) is 19.5 Å². The second-order valence-corrected chi connectivity index (χ2v) is 10.9. The Labute approximate surface area is 196 Å². The SMILES string of the molecule is CN(C)C(=O)c1nccc(Nc2c(NC3c4sc(Br)nc4CCC3(C)C)c(=O)c2=O)c1O. The fourth-order valence-electron chi connectivity index (χ4n) is 3.79. The molecule has 3 aromatic rings. The summed E-state index contributed by atoms with van der Waals surface area (Å²) in [6, 6.07) is 1.22. The highest BCUT2D eigenvalue weighted by molar-refractivity contribution is 9.11. The van der Waals surface area contributed by atoms with Crippen molar-refractivity contribution in [3.8, 4) is 5.75 Å². The van der Waals surface area contributed by atoms with Gasteiger partial charge in [0.2, 0.25) is 0 Å². The monoisotopic (exact) mass is 519 g/mol. The maximum absolute atomic E-state index is 12.4. The lowest BCUT2D eigenvalue weighted by Gasteiger charge is -2.39. The fraction of sp³-hybridized carbons (Fsp3) is 0.381. The van der Waals surface area contributed by atoms with E-state index >= 15 is 0 Å². The van der Waals surface area contributed by atoms with Crippen molar-refractivity contribution in [3.05, 3.63) is 52.9 Å². The number of aromatic nitrogens is 2. The van der Waals surface area contributed by atoms with Gasteiger partial charge in [-0.1, -0.05) is 13.8 Å². The molecule has 3 N–H and O–H groups in total. The molecule has 0 fully saturated rings. The number of halogens is 1. The number of nitrogens with zero attached hydrogens (tertiary/aromatic N) is 3. The van der Waals surface area contributed by atoms with Crippen molar-refractivity contribution in [1.82, 2.24) is 14.9 Å². The first kappa shape index (κ1) is 22.4. The largest absolute Gasteiger partial charge is 0.504 e. The number of rotatable bonds is 5. The van der Waals surface area contributed by atoms with Crippen LogP contribution in [-0.2, 0) is 6.42 Å². The zero-order valence-corrected chi connectivity index (χ0v) is 20.3. The van der Waals surface area contributed by atoms with E-state index in [0.717, 1.165) is 27.3 Å². The highest BCUT2D eigenvalue weighted by Crippen LogP contribution is 2.48. The number of pyridine rings is 1. The summed E-state index contributed by atoms with van der Waals surface area (Å²) in [5.41, 5.74) is -0.357. The van der Waals surface area contributed by atoms with Crippen LogP contribution in [0.4, 0.5) is 17.1 Å². The van der Waals surface area contributed by atoms with Crippen LogP contribution in [0.1, 0.15) is 47.4 Å². The minimum Gasteiger partial charge on any atom is -0.504 e. The Morgan fingerprint density at radius 3 is 2.66 bits per heavy atom. The summed E-state index contributed by atoms with van der Waals surface area (Å²) >= 11 is 4.95. The van der Waals surface area contributed by atoms with Crippen LogP contribution in [0, 0.1) is 5.41 Å². The Hall–Kier alpha value is -2.79. The maximum atomic E-state index is 12.4. The predicted octanol–water partition coefficient (Wildman–Crippen LogP) is 3.17. The van der Waals surface area contributed by atoms with E-state index in [2.05, 4.69) is 50.4 Å². The van der Waals surface area contributed by atoms with E-state index < -0.39 is 22.5 Å². The van der Waals surface area contributed by atoms with Gasteiger partial charge in [0.25, 0.3) is 16.8 Å². The molecule has 0 saturated heterocycles. The third kappa shape index (κ3) is 3.69. The molecule has 11 heteroatoms. The molecule has 9 nitrogen and oxygen atoms in total. The van der Waals surface area contributed by atoms with Gasteiger partial charge in [-0.3, -0.25) is 14.4 Å². The molecule has 0 aliphatic heterocycles. The number of carbonyl (C=O) groups is 1. The maximum Gasteiger partial charge on any atom is 0.275 e. The van der Waals surface area contributed by atoms with Crippen molar-refractivity contribution in [2.45, 2.75) is 32.7 Å². The Morgan fingerprint density at radius 1 is 1.28 bits per heavy atom. The lowest BCUT2D eigenvalue weighted by Crippen LogP contribution is -2.41. The normalized spacial score (nSPS) is 17.1. The van der Waals surface area contributed by atoms with Crippen LogP contribution in [0.15, 0.2) is 25.8 Å². The van der Waals surface area contributed by atoms with E-state index in [-0.39, 0.29) is 34.2 Å². The van der Waals surface area contributed by atoms with Gasteiger partial charge in [-0.05, 0) is 40.3 Å². The molecule has 0 bridgehead atoms. The highest BCUT2D eigenvalue weighted by atomic mass is 79.9. The van der Waals surface area contributed by atoms with Crippen LogP contribution in [-0.4, -0.2) is 40.0 Å². The van der Waals surface area contributed by atoms with E-state index in [4.69, 9.17) is 0 Å². The van der Waals surface area contributed by atoms with Crippen molar-refractivity contribution in [2.75, 3.05) is 24.7 Å². The summed E-state index contributed by atoms with van der Waals surface area (Å²) in [7, 11) is 3.08. The van der Waals surface area contributed by atoms with E-state index in [1.807, 2.05) is 0 Å². The van der Waals surface area contributed by atoms with Gasteiger partial charge in [0, 0.05) is 20.3 Å². The third-order valence-electron chi connectivity index (χ3n) is 5.74. The number of aryl methyl sites for hydroxylation is 1. The first-order valence-electron chi connectivity index (χ1n) is 9.93. The molecule has 2 heterocycles. The zero-order valence-electron chi connectivity index (χ0n) is 17.9. The third-order valence-corrected chi connectivity index (χ3v) is 7.36. The summed E-state index contributed by atoms with van der Waals surface area (Å²) in [5.74, 6) is -0.876. The van der Waals surface area contributed by atoms with E-state index in [0.29, 0.717) is 0 Å². The molecule has 2 aromatic heterocycles. The number of amides is 1. The molecule has 1 aliphatic rings. The Balaban J connectivity index is 1.68. The fourth-order valence-corrected chi connectivity index (χ4v) is 5.63. The molecule has 4 rings (SSSR count). The zero-order chi connectivity index (χ0) is 23.4. The molecule has 0 radical (unpaired) electrons. The summed E-state index contributed by atoms with van der Waals surface area (Å²) < 4.78 is 0.773. The van der Waals surface area contributed by atoms with Gasteiger partial charge in [-0.2, -0.15) is 0 Å². The lowest BCUT2D eigenvalue weighted by atomic mass is 9.74. The molecule has 0 saturated carbocycles. The number of fused-ring (bicyclic) bond motifs is 1. The molecule has 1 aliphatic carbocycles. The van der Waals surface area contributed by atoms with E-state index in [1.165, 1.54) is 28.5 Å². The molecular weight excluding hydrogens is 498 g/mol. The number of aromatic hydroxyl groups is 1. The topological polar surface area (TPSA) is 125 Å². The lowest BCUT2D eigenvalue weighted by molar-refractivity contribution is 0.0819. The summed E-state index contributed by atoms with van der Waals surface area (Å²) in [6.45, 7) is 4.21. The van der Waals surface area contributed by atoms with Gasteiger partial charge in [-0.25, -0.2) is 9.97 Å². The molecule has 32 heavy (non-hydrogen) atoms. The number of nitrogens with one attached hydrogen (secondary N) is 2. The first-order valence-corrected chi connectivity index (χ1v) is 11.5. The molecule has 168 valence electrons. The molecule has 0 spiro atoms. The quantitative estimate of drug-likeness (QED) is 0.439. The highest BCUT2D eigenvalue weighted by Gasteiger charge is 2.40. The average Bonchev–Trinajstić information content (AvgIpc) is 3.12. The number of hydrogen-bond donors (Lipinski definition) is 3.